The highest BCUT2D eigenvalue weighted by Crippen LogP contribution is 2.35. The SMILES string of the molecule is C=CC(=O)Oc1cc(C)c(Oc2cc(C)c(OC(=O)C=C)cc2C)cc1C. The largest absolute Gasteiger partial charge is 0.457 e. The quantitative estimate of drug-likeness (QED) is 0.414. The van der Waals surface area contributed by atoms with Crippen LogP contribution in [0.3, 0.4) is 0 Å². The molecule has 140 valence electrons. The van der Waals surface area contributed by atoms with Gasteiger partial charge in [0.25, 0.3) is 0 Å². The molecule has 0 aromatic heterocycles. The summed E-state index contributed by atoms with van der Waals surface area (Å²) < 4.78 is 16.5. The first-order valence-corrected chi connectivity index (χ1v) is 8.34. The van der Waals surface area contributed by atoms with E-state index < -0.39 is 11.9 Å². The van der Waals surface area contributed by atoms with E-state index in [4.69, 9.17) is 14.2 Å². The molecule has 0 bridgehead atoms. The maximum atomic E-state index is 11.4. The second-order valence-electron chi connectivity index (χ2n) is 6.12. The number of hydrogen-bond donors (Lipinski definition) is 0. The molecule has 0 unspecified atom stereocenters. The molecule has 27 heavy (non-hydrogen) atoms. The zero-order chi connectivity index (χ0) is 20.1. The maximum absolute atomic E-state index is 11.4. The van der Waals surface area contributed by atoms with Crippen LogP contribution >= 0.6 is 0 Å². The zero-order valence-corrected chi connectivity index (χ0v) is 15.9. The van der Waals surface area contributed by atoms with Crippen LogP contribution in [-0.2, 0) is 9.59 Å². The number of rotatable bonds is 6. The van der Waals surface area contributed by atoms with E-state index >= 15 is 0 Å². The standard InChI is InChI=1S/C22H22O5/c1-7-21(23)26-19-11-13(3)17(9-15(19)5)25-18-10-16(6)20(12-14(18)4)27-22(24)8-2/h7-12H,1-2H2,3-6H3. The Bertz CT molecular complexity index is 849. The van der Waals surface area contributed by atoms with Crippen molar-refractivity contribution in [3.8, 4) is 23.0 Å². The van der Waals surface area contributed by atoms with Crippen LogP contribution in [0.15, 0.2) is 49.6 Å². The molecular formula is C22H22O5. The molecule has 0 fully saturated rings. The number of ether oxygens (including phenoxy) is 3. The normalized spacial score (nSPS) is 10.1. The summed E-state index contributed by atoms with van der Waals surface area (Å²) in [6.07, 6.45) is 2.23. The summed E-state index contributed by atoms with van der Waals surface area (Å²) >= 11 is 0. The Hall–Kier alpha value is -3.34. The number of esters is 2. The van der Waals surface area contributed by atoms with E-state index in [-0.39, 0.29) is 0 Å². The molecule has 0 heterocycles. The van der Waals surface area contributed by atoms with Crippen molar-refractivity contribution in [3.63, 3.8) is 0 Å². The average Bonchev–Trinajstić information content (AvgIpc) is 2.62. The lowest BCUT2D eigenvalue weighted by Crippen LogP contribution is -2.05. The smallest absolute Gasteiger partial charge is 0.335 e. The number of benzene rings is 2. The van der Waals surface area contributed by atoms with Crippen LogP contribution in [0, 0.1) is 27.7 Å². The van der Waals surface area contributed by atoms with Crippen molar-refractivity contribution in [3.05, 3.63) is 71.8 Å². The molecule has 0 saturated carbocycles. The summed E-state index contributed by atoms with van der Waals surface area (Å²) in [5, 5.41) is 0. The summed E-state index contributed by atoms with van der Waals surface area (Å²) in [4.78, 5) is 22.8. The van der Waals surface area contributed by atoms with Crippen LogP contribution in [0.5, 0.6) is 23.0 Å². The van der Waals surface area contributed by atoms with Gasteiger partial charge in [0, 0.05) is 12.2 Å². The predicted molar refractivity (Wildman–Crippen MR) is 104 cm³/mol. The molecule has 0 atom stereocenters. The van der Waals surface area contributed by atoms with Gasteiger partial charge in [-0.2, -0.15) is 0 Å². The highest BCUT2D eigenvalue weighted by molar-refractivity contribution is 5.84. The second kappa shape index (κ2) is 8.36. The third kappa shape index (κ3) is 4.85. The molecule has 0 spiro atoms. The molecule has 5 heteroatoms. The summed E-state index contributed by atoms with van der Waals surface area (Å²) in [5.41, 5.74) is 3.15. The van der Waals surface area contributed by atoms with Crippen LogP contribution in [0.1, 0.15) is 22.3 Å². The first-order chi connectivity index (χ1) is 12.7. The van der Waals surface area contributed by atoms with Gasteiger partial charge >= 0.3 is 11.9 Å². The van der Waals surface area contributed by atoms with E-state index in [2.05, 4.69) is 13.2 Å². The molecule has 2 rings (SSSR count). The Morgan fingerprint density at radius 2 is 0.963 bits per heavy atom. The van der Waals surface area contributed by atoms with Gasteiger partial charge in [-0.05, 0) is 74.2 Å². The molecule has 2 aromatic rings. The van der Waals surface area contributed by atoms with Crippen LogP contribution in [-0.4, -0.2) is 11.9 Å². The first-order valence-electron chi connectivity index (χ1n) is 8.34. The highest BCUT2D eigenvalue weighted by Gasteiger charge is 2.13. The second-order valence-corrected chi connectivity index (χ2v) is 6.12. The van der Waals surface area contributed by atoms with Gasteiger partial charge in [0.2, 0.25) is 0 Å². The fourth-order valence-corrected chi connectivity index (χ4v) is 2.38. The number of aryl methyl sites for hydroxylation is 4. The van der Waals surface area contributed by atoms with Crippen molar-refractivity contribution < 1.29 is 23.8 Å². The minimum absolute atomic E-state index is 0.462. The summed E-state index contributed by atoms with van der Waals surface area (Å²) in [6, 6.07) is 7.10. The molecule has 0 amide bonds. The van der Waals surface area contributed by atoms with Crippen LogP contribution in [0.25, 0.3) is 0 Å². The lowest BCUT2D eigenvalue weighted by atomic mass is 10.1. The molecular weight excluding hydrogens is 344 g/mol. The van der Waals surface area contributed by atoms with E-state index in [1.54, 1.807) is 12.1 Å². The Labute approximate surface area is 158 Å². The van der Waals surface area contributed by atoms with E-state index in [0.29, 0.717) is 23.0 Å². The van der Waals surface area contributed by atoms with Crippen molar-refractivity contribution >= 4 is 11.9 Å². The highest BCUT2D eigenvalue weighted by atomic mass is 16.5. The molecule has 5 nitrogen and oxygen atoms in total. The van der Waals surface area contributed by atoms with Crippen molar-refractivity contribution in [1.29, 1.82) is 0 Å². The Balaban J connectivity index is 2.31. The first kappa shape index (κ1) is 20.0. The average molecular weight is 366 g/mol. The van der Waals surface area contributed by atoms with E-state index in [0.717, 1.165) is 34.4 Å². The van der Waals surface area contributed by atoms with Gasteiger partial charge < -0.3 is 14.2 Å². The Morgan fingerprint density at radius 3 is 1.30 bits per heavy atom. The third-order valence-electron chi connectivity index (χ3n) is 3.92. The van der Waals surface area contributed by atoms with Crippen LogP contribution in [0.4, 0.5) is 0 Å². The molecule has 0 aliphatic heterocycles. The minimum Gasteiger partial charge on any atom is -0.457 e. The Morgan fingerprint density at radius 1 is 0.667 bits per heavy atom. The summed E-state index contributed by atoms with van der Waals surface area (Å²) in [5.74, 6) is 1.19. The predicted octanol–water partition coefficient (Wildman–Crippen LogP) is 4.90. The van der Waals surface area contributed by atoms with E-state index in [1.807, 2.05) is 39.8 Å². The maximum Gasteiger partial charge on any atom is 0.335 e. The van der Waals surface area contributed by atoms with E-state index in [1.165, 1.54) is 0 Å². The van der Waals surface area contributed by atoms with Gasteiger partial charge in [-0.25, -0.2) is 9.59 Å². The fourth-order valence-electron chi connectivity index (χ4n) is 2.38. The number of hydrogen-bond acceptors (Lipinski definition) is 5. The Kier molecular flexibility index (Phi) is 6.19. The molecule has 0 aliphatic rings. The van der Waals surface area contributed by atoms with Gasteiger partial charge in [0.1, 0.15) is 23.0 Å². The molecule has 0 radical (unpaired) electrons. The van der Waals surface area contributed by atoms with Gasteiger partial charge in [-0.15, -0.1) is 0 Å². The van der Waals surface area contributed by atoms with Gasteiger partial charge in [0.05, 0.1) is 0 Å². The topological polar surface area (TPSA) is 61.8 Å². The van der Waals surface area contributed by atoms with E-state index in [9.17, 15) is 9.59 Å². The van der Waals surface area contributed by atoms with Gasteiger partial charge in [-0.1, -0.05) is 13.2 Å². The summed E-state index contributed by atoms with van der Waals surface area (Å²) in [6.45, 7) is 14.2. The zero-order valence-electron chi connectivity index (χ0n) is 15.9. The van der Waals surface area contributed by atoms with Crippen molar-refractivity contribution in [2.75, 3.05) is 0 Å². The van der Waals surface area contributed by atoms with Crippen LogP contribution in [0.2, 0.25) is 0 Å². The number of carbonyl (C=O) groups is 2. The van der Waals surface area contributed by atoms with Crippen LogP contribution < -0.4 is 14.2 Å². The van der Waals surface area contributed by atoms with Crippen molar-refractivity contribution in [2.45, 2.75) is 27.7 Å². The van der Waals surface area contributed by atoms with Gasteiger partial charge in [0.15, 0.2) is 0 Å². The van der Waals surface area contributed by atoms with Gasteiger partial charge in [-0.3, -0.25) is 0 Å². The summed E-state index contributed by atoms with van der Waals surface area (Å²) in [7, 11) is 0. The molecule has 0 N–H and O–H groups in total. The fraction of sp³-hybridized carbons (Fsp3) is 0.182. The monoisotopic (exact) mass is 366 g/mol. The van der Waals surface area contributed by atoms with Crippen molar-refractivity contribution in [2.24, 2.45) is 0 Å². The molecule has 2 aromatic carbocycles. The lowest BCUT2D eigenvalue weighted by Gasteiger charge is -2.16. The molecule has 0 aliphatic carbocycles. The lowest BCUT2D eigenvalue weighted by molar-refractivity contribution is -0.129. The minimum atomic E-state index is -0.512. The third-order valence-corrected chi connectivity index (χ3v) is 3.92. The molecule has 0 saturated heterocycles. The van der Waals surface area contributed by atoms with Crippen molar-refractivity contribution in [1.82, 2.24) is 0 Å². The number of carbonyl (C=O) groups excluding carboxylic acids is 2.